The Morgan fingerprint density at radius 3 is 2.78 bits per heavy atom. The summed E-state index contributed by atoms with van der Waals surface area (Å²) in [7, 11) is 1.30. The Hall–Kier alpha value is -0.690. The van der Waals surface area contributed by atoms with Crippen LogP contribution in [0, 0.1) is 10.7 Å². The van der Waals surface area contributed by atoms with Gasteiger partial charge in [-0.05, 0) is 18.7 Å². The van der Waals surface area contributed by atoms with Gasteiger partial charge in [0.05, 0.1) is 7.11 Å². The lowest BCUT2D eigenvalue weighted by molar-refractivity contribution is -0.139. The second-order valence-corrected chi connectivity index (χ2v) is 2.50. The third-order valence-electron chi connectivity index (χ3n) is 0.763. The molecule has 0 spiro atoms. The van der Waals surface area contributed by atoms with E-state index in [0.29, 0.717) is 0 Å². The maximum Gasteiger partial charge on any atom is 0.319 e. The third kappa shape index (κ3) is 2.98. The normalized spacial score (nSPS) is 11.7. The number of nitriles is 1. The Morgan fingerprint density at radius 2 is 2.44 bits per heavy atom. The van der Waals surface area contributed by atoms with Crippen molar-refractivity contribution in [2.45, 2.75) is 12.2 Å². The van der Waals surface area contributed by atoms with Gasteiger partial charge in [0, 0.05) is 0 Å². The Kier molecular flexibility index (Phi) is 3.89. The van der Waals surface area contributed by atoms with E-state index in [1.807, 2.05) is 0 Å². The fourth-order valence-corrected chi connectivity index (χ4v) is 0.644. The van der Waals surface area contributed by atoms with Crippen LogP contribution in [0.4, 0.5) is 0 Å². The molecular formula is C5H7NO2S. The zero-order valence-electron chi connectivity index (χ0n) is 5.25. The summed E-state index contributed by atoms with van der Waals surface area (Å²) in [5, 5.41) is 9.51. The van der Waals surface area contributed by atoms with E-state index in [1.165, 1.54) is 7.11 Å². The number of carbonyl (C=O) groups excluding carboxylic acids is 1. The maximum atomic E-state index is 10.5. The molecule has 0 aliphatic heterocycles. The number of ether oxygens (including phenoxy) is 1. The number of carbonyl (C=O) groups is 1. The van der Waals surface area contributed by atoms with Gasteiger partial charge in [-0.15, -0.1) is 0 Å². The molecular weight excluding hydrogens is 138 g/mol. The fraction of sp³-hybridized carbons (Fsp3) is 0.600. The number of hydrogen-bond donors (Lipinski definition) is 0. The summed E-state index contributed by atoms with van der Waals surface area (Å²) in [5.74, 6) is -0.360. The number of rotatable bonds is 2. The SMILES string of the molecule is COC(=O)[C@H](C)SC#N. The highest BCUT2D eigenvalue weighted by Crippen LogP contribution is 2.08. The molecule has 0 rings (SSSR count). The summed E-state index contributed by atoms with van der Waals surface area (Å²) < 4.78 is 4.35. The van der Waals surface area contributed by atoms with Crippen LogP contribution >= 0.6 is 11.8 Å². The molecule has 0 aliphatic rings. The average molecular weight is 145 g/mol. The molecule has 0 unspecified atom stereocenters. The first-order valence-corrected chi connectivity index (χ1v) is 3.23. The molecule has 0 N–H and O–H groups in total. The molecule has 4 heteroatoms. The monoisotopic (exact) mass is 145 g/mol. The van der Waals surface area contributed by atoms with Crippen LogP contribution in [0.5, 0.6) is 0 Å². The van der Waals surface area contributed by atoms with Gasteiger partial charge in [-0.3, -0.25) is 4.79 Å². The van der Waals surface area contributed by atoms with E-state index in [-0.39, 0.29) is 11.2 Å². The van der Waals surface area contributed by atoms with Crippen molar-refractivity contribution in [2.75, 3.05) is 7.11 Å². The summed E-state index contributed by atoms with van der Waals surface area (Å²) >= 11 is 0.895. The van der Waals surface area contributed by atoms with Crippen LogP contribution in [-0.4, -0.2) is 18.3 Å². The highest BCUT2D eigenvalue weighted by Gasteiger charge is 2.12. The predicted molar refractivity (Wildman–Crippen MR) is 34.7 cm³/mol. The first-order valence-electron chi connectivity index (χ1n) is 2.35. The molecule has 0 aliphatic carbocycles. The molecule has 0 radical (unpaired) electrons. The Bertz CT molecular complexity index is 140. The Labute approximate surface area is 58.0 Å². The third-order valence-corrected chi connectivity index (χ3v) is 1.41. The number of esters is 1. The van der Waals surface area contributed by atoms with Gasteiger partial charge < -0.3 is 4.74 Å². The number of nitrogens with zero attached hydrogens (tertiary/aromatic N) is 1. The lowest BCUT2D eigenvalue weighted by atomic mass is 10.5. The second-order valence-electron chi connectivity index (χ2n) is 1.37. The van der Waals surface area contributed by atoms with E-state index in [2.05, 4.69) is 4.74 Å². The molecule has 0 heterocycles. The van der Waals surface area contributed by atoms with Gasteiger partial charge >= 0.3 is 5.97 Å². The van der Waals surface area contributed by atoms with Crippen molar-refractivity contribution in [1.29, 1.82) is 5.26 Å². The second kappa shape index (κ2) is 4.21. The van der Waals surface area contributed by atoms with Crippen molar-refractivity contribution in [3.63, 3.8) is 0 Å². The Morgan fingerprint density at radius 1 is 1.89 bits per heavy atom. The van der Waals surface area contributed by atoms with Gasteiger partial charge in [-0.1, -0.05) is 0 Å². The number of thioether (sulfide) groups is 1. The summed E-state index contributed by atoms with van der Waals surface area (Å²) in [6.07, 6.45) is 0. The zero-order chi connectivity index (χ0) is 7.28. The van der Waals surface area contributed by atoms with Crippen molar-refractivity contribution >= 4 is 17.7 Å². The molecule has 3 nitrogen and oxygen atoms in total. The van der Waals surface area contributed by atoms with E-state index < -0.39 is 0 Å². The van der Waals surface area contributed by atoms with Gasteiger partial charge in [-0.25, -0.2) is 0 Å². The standard InChI is InChI=1S/C5H7NO2S/c1-4(9-3-6)5(7)8-2/h4H,1-2H3/t4-/m0/s1. The molecule has 0 fully saturated rings. The molecule has 0 amide bonds. The van der Waals surface area contributed by atoms with Crippen molar-refractivity contribution in [2.24, 2.45) is 0 Å². The average Bonchev–Trinajstić information content (AvgIpc) is 1.87. The van der Waals surface area contributed by atoms with Gasteiger partial charge in [0.2, 0.25) is 0 Å². The van der Waals surface area contributed by atoms with Crippen LogP contribution in [-0.2, 0) is 9.53 Å². The van der Waals surface area contributed by atoms with Crippen LogP contribution in [0.3, 0.4) is 0 Å². The summed E-state index contributed by atoms with van der Waals surface area (Å²) in [6, 6.07) is 0. The summed E-state index contributed by atoms with van der Waals surface area (Å²) in [5.41, 5.74) is 0. The van der Waals surface area contributed by atoms with E-state index in [4.69, 9.17) is 5.26 Å². The molecule has 0 saturated carbocycles. The molecule has 0 saturated heterocycles. The number of hydrogen-bond acceptors (Lipinski definition) is 4. The fourth-order valence-electron chi connectivity index (χ4n) is 0.293. The highest BCUT2D eigenvalue weighted by molar-refractivity contribution is 8.04. The molecule has 0 bridgehead atoms. The largest absolute Gasteiger partial charge is 0.468 e. The molecule has 9 heavy (non-hydrogen) atoms. The molecule has 0 aromatic heterocycles. The van der Waals surface area contributed by atoms with E-state index in [1.54, 1.807) is 12.3 Å². The van der Waals surface area contributed by atoms with Crippen LogP contribution in [0.25, 0.3) is 0 Å². The minimum atomic E-state index is -0.375. The van der Waals surface area contributed by atoms with Crippen molar-refractivity contribution < 1.29 is 9.53 Å². The van der Waals surface area contributed by atoms with Crippen LogP contribution in [0.2, 0.25) is 0 Å². The van der Waals surface area contributed by atoms with E-state index in [9.17, 15) is 4.79 Å². The quantitative estimate of drug-likeness (QED) is 0.425. The molecule has 0 aromatic carbocycles. The summed E-state index contributed by atoms with van der Waals surface area (Å²) in [6.45, 7) is 1.62. The first kappa shape index (κ1) is 8.31. The van der Waals surface area contributed by atoms with Gasteiger partial charge in [0.25, 0.3) is 0 Å². The molecule has 1 atom stereocenters. The summed E-state index contributed by atoms with van der Waals surface area (Å²) in [4.78, 5) is 10.5. The molecule has 50 valence electrons. The molecule has 0 aromatic rings. The first-order chi connectivity index (χ1) is 4.22. The topological polar surface area (TPSA) is 50.1 Å². The predicted octanol–water partition coefficient (Wildman–Crippen LogP) is 0.762. The van der Waals surface area contributed by atoms with E-state index >= 15 is 0 Å². The highest BCUT2D eigenvalue weighted by atomic mass is 32.2. The van der Waals surface area contributed by atoms with Crippen LogP contribution in [0.15, 0.2) is 0 Å². The minimum absolute atomic E-state index is 0.360. The number of methoxy groups -OCH3 is 1. The van der Waals surface area contributed by atoms with E-state index in [0.717, 1.165) is 11.8 Å². The van der Waals surface area contributed by atoms with Crippen molar-refractivity contribution in [3.05, 3.63) is 0 Å². The van der Waals surface area contributed by atoms with Gasteiger partial charge in [0.15, 0.2) is 0 Å². The minimum Gasteiger partial charge on any atom is -0.468 e. The van der Waals surface area contributed by atoms with Gasteiger partial charge in [0.1, 0.15) is 10.7 Å². The van der Waals surface area contributed by atoms with Crippen LogP contribution < -0.4 is 0 Å². The lowest BCUT2D eigenvalue weighted by Crippen LogP contribution is -2.13. The zero-order valence-corrected chi connectivity index (χ0v) is 6.07. The smallest absolute Gasteiger partial charge is 0.319 e. The Balaban J connectivity index is 3.62. The van der Waals surface area contributed by atoms with Crippen LogP contribution in [0.1, 0.15) is 6.92 Å². The maximum absolute atomic E-state index is 10.5. The van der Waals surface area contributed by atoms with Crippen molar-refractivity contribution in [1.82, 2.24) is 0 Å². The lowest BCUT2D eigenvalue weighted by Gasteiger charge is -2.00. The van der Waals surface area contributed by atoms with Crippen molar-refractivity contribution in [3.8, 4) is 5.40 Å². The van der Waals surface area contributed by atoms with Gasteiger partial charge in [-0.2, -0.15) is 5.26 Å². The number of thiocyanates is 1.